The Balaban J connectivity index is 1.80. The fourth-order valence-corrected chi connectivity index (χ4v) is 3.42. The van der Waals surface area contributed by atoms with Crippen molar-refractivity contribution in [3.63, 3.8) is 0 Å². The largest absolute Gasteiger partial charge is 0.396 e. The molecular weight excluding hydrogens is 409 g/mol. The van der Waals surface area contributed by atoms with Crippen LogP contribution in [0.4, 0.5) is 11.4 Å². The Morgan fingerprint density at radius 3 is 2.14 bits per heavy atom. The van der Waals surface area contributed by atoms with Gasteiger partial charge in [-0.05, 0) is 60.7 Å². The number of nitrogens with one attached hydrogen (secondary N) is 1. The highest BCUT2D eigenvalue weighted by Crippen LogP contribution is 2.29. The molecule has 0 atom stereocenters. The van der Waals surface area contributed by atoms with Gasteiger partial charge in [-0.1, -0.05) is 29.3 Å². The third-order valence-electron chi connectivity index (χ3n) is 4.53. The number of fused-ring (bicyclic) bond motifs is 1. The summed E-state index contributed by atoms with van der Waals surface area (Å²) < 4.78 is 1.63. The lowest BCUT2D eigenvalue weighted by Gasteiger charge is -2.06. The molecule has 0 aliphatic rings. The summed E-state index contributed by atoms with van der Waals surface area (Å²) in [6, 6.07) is 18.5. The molecule has 0 fully saturated rings. The van der Waals surface area contributed by atoms with Crippen LogP contribution in [-0.2, 0) is 0 Å². The van der Waals surface area contributed by atoms with Crippen molar-refractivity contribution in [1.82, 2.24) is 4.40 Å². The second-order valence-corrected chi connectivity index (χ2v) is 7.26. The topological polar surface area (TPSA) is 76.6 Å². The number of halogens is 2. The van der Waals surface area contributed by atoms with Crippen molar-refractivity contribution < 1.29 is 9.59 Å². The van der Waals surface area contributed by atoms with Gasteiger partial charge in [-0.25, -0.2) is 0 Å². The predicted molar refractivity (Wildman–Crippen MR) is 116 cm³/mol. The van der Waals surface area contributed by atoms with Gasteiger partial charge in [-0.3, -0.25) is 9.59 Å². The summed E-state index contributed by atoms with van der Waals surface area (Å²) in [5.41, 5.74) is 8.42. The zero-order valence-corrected chi connectivity index (χ0v) is 16.5. The first kappa shape index (κ1) is 19.1. The smallest absolute Gasteiger partial charge is 0.259 e. The highest BCUT2D eigenvalue weighted by Gasteiger charge is 2.26. The second-order valence-electron chi connectivity index (χ2n) is 6.39. The fourth-order valence-electron chi connectivity index (χ4n) is 3.16. The van der Waals surface area contributed by atoms with Gasteiger partial charge in [0.2, 0.25) is 5.78 Å². The van der Waals surface area contributed by atoms with Crippen LogP contribution in [0.25, 0.3) is 5.52 Å². The maximum absolute atomic E-state index is 13.1. The molecule has 29 heavy (non-hydrogen) atoms. The zero-order chi connectivity index (χ0) is 20.5. The number of anilines is 2. The van der Waals surface area contributed by atoms with E-state index in [1.165, 1.54) is 0 Å². The first-order chi connectivity index (χ1) is 14.0. The molecule has 2 aromatic carbocycles. The third kappa shape index (κ3) is 3.58. The van der Waals surface area contributed by atoms with Crippen molar-refractivity contribution >= 4 is 51.8 Å². The zero-order valence-electron chi connectivity index (χ0n) is 15.0. The monoisotopic (exact) mass is 423 g/mol. The van der Waals surface area contributed by atoms with Crippen molar-refractivity contribution in [3.05, 3.63) is 99.8 Å². The molecule has 1 amide bonds. The number of nitrogens with two attached hydrogens (primary N) is 1. The summed E-state index contributed by atoms with van der Waals surface area (Å²) in [7, 11) is 0. The lowest BCUT2D eigenvalue weighted by Crippen LogP contribution is -2.14. The van der Waals surface area contributed by atoms with Gasteiger partial charge in [0.15, 0.2) is 0 Å². The van der Waals surface area contributed by atoms with Crippen LogP contribution in [0, 0.1) is 0 Å². The Hall–Kier alpha value is -3.28. The van der Waals surface area contributed by atoms with Crippen molar-refractivity contribution in [3.8, 4) is 0 Å². The van der Waals surface area contributed by atoms with Crippen molar-refractivity contribution in [2.24, 2.45) is 0 Å². The minimum Gasteiger partial charge on any atom is -0.396 e. The molecule has 0 radical (unpaired) electrons. The van der Waals surface area contributed by atoms with Gasteiger partial charge in [0.05, 0.1) is 16.8 Å². The first-order valence-electron chi connectivity index (χ1n) is 8.71. The average molecular weight is 424 g/mol. The highest BCUT2D eigenvalue weighted by molar-refractivity contribution is 6.31. The number of hydrogen-bond acceptors (Lipinski definition) is 3. The van der Waals surface area contributed by atoms with Gasteiger partial charge in [0.1, 0.15) is 5.69 Å². The maximum atomic E-state index is 13.1. The number of aromatic nitrogens is 1. The molecule has 5 nitrogen and oxygen atoms in total. The molecule has 4 aromatic rings. The Bertz CT molecular complexity index is 1230. The van der Waals surface area contributed by atoms with Gasteiger partial charge in [0.25, 0.3) is 5.91 Å². The summed E-state index contributed by atoms with van der Waals surface area (Å²) in [5.74, 6) is -0.713. The van der Waals surface area contributed by atoms with E-state index in [9.17, 15) is 9.59 Å². The third-order valence-corrected chi connectivity index (χ3v) is 5.04. The molecule has 0 aliphatic heterocycles. The van der Waals surface area contributed by atoms with Crippen molar-refractivity contribution in [2.45, 2.75) is 0 Å². The predicted octanol–water partition coefficient (Wildman–Crippen LogP) is 5.31. The van der Waals surface area contributed by atoms with Gasteiger partial charge in [-0.2, -0.15) is 0 Å². The Morgan fingerprint density at radius 2 is 1.48 bits per heavy atom. The van der Waals surface area contributed by atoms with E-state index < -0.39 is 5.91 Å². The van der Waals surface area contributed by atoms with E-state index in [0.29, 0.717) is 26.8 Å². The first-order valence-corrected chi connectivity index (χ1v) is 9.47. The van der Waals surface area contributed by atoms with E-state index in [-0.39, 0.29) is 22.7 Å². The molecule has 0 bridgehead atoms. The Morgan fingerprint density at radius 1 is 0.862 bits per heavy atom. The summed E-state index contributed by atoms with van der Waals surface area (Å²) in [6.45, 7) is 0. The number of rotatable bonds is 4. The lowest BCUT2D eigenvalue weighted by atomic mass is 10.1. The van der Waals surface area contributed by atoms with Gasteiger partial charge >= 0.3 is 0 Å². The van der Waals surface area contributed by atoms with Crippen LogP contribution in [0.3, 0.4) is 0 Å². The van der Waals surface area contributed by atoms with Crippen molar-refractivity contribution in [2.75, 3.05) is 11.1 Å². The summed E-state index contributed by atoms with van der Waals surface area (Å²) >= 11 is 11.8. The fraction of sp³-hybridized carbons (Fsp3) is 0. The summed E-state index contributed by atoms with van der Waals surface area (Å²) in [4.78, 5) is 26.1. The van der Waals surface area contributed by atoms with Crippen molar-refractivity contribution in [1.29, 1.82) is 0 Å². The maximum Gasteiger partial charge on any atom is 0.259 e. The number of benzene rings is 2. The molecule has 0 saturated carbocycles. The highest BCUT2D eigenvalue weighted by atomic mass is 35.5. The minimum atomic E-state index is -0.413. The molecular formula is C22H15Cl2N3O2. The van der Waals surface area contributed by atoms with Crippen LogP contribution in [0.2, 0.25) is 10.0 Å². The molecule has 0 spiro atoms. The molecule has 0 saturated heterocycles. The van der Waals surface area contributed by atoms with E-state index in [1.54, 1.807) is 77.3 Å². The SMILES string of the molecule is Nc1c(C(=O)Nc2ccc(Cl)cc2)c2ccccn2c1C(=O)c1ccc(Cl)cc1. The number of carbonyl (C=O) groups is 2. The van der Waals surface area contributed by atoms with E-state index in [1.807, 2.05) is 0 Å². The molecule has 4 rings (SSSR count). The number of carbonyl (C=O) groups excluding carboxylic acids is 2. The van der Waals surface area contributed by atoms with Crippen LogP contribution < -0.4 is 11.1 Å². The molecule has 144 valence electrons. The summed E-state index contributed by atoms with van der Waals surface area (Å²) in [5, 5.41) is 3.89. The normalized spacial score (nSPS) is 10.8. The molecule has 2 aromatic heterocycles. The standard InChI is InChI=1S/C22H15Cl2N3O2/c23-14-6-4-13(5-7-14)21(28)20-19(25)18(17-3-1-2-12-27(17)20)22(29)26-16-10-8-15(24)9-11-16/h1-12H,25H2,(H,26,29). The van der Waals surface area contributed by atoms with Crippen LogP contribution >= 0.6 is 23.2 Å². The van der Waals surface area contributed by atoms with Gasteiger partial charge in [-0.15, -0.1) is 0 Å². The molecule has 0 unspecified atom stereocenters. The van der Waals surface area contributed by atoms with Crippen LogP contribution in [0.15, 0.2) is 72.9 Å². The average Bonchev–Trinajstić information content (AvgIpc) is 3.01. The number of hydrogen-bond donors (Lipinski definition) is 2. The lowest BCUT2D eigenvalue weighted by molar-refractivity contribution is 0.102. The quantitative estimate of drug-likeness (QED) is 0.436. The van der Waals surface area contributed by atoms with Gasteiger partial charge in [0, 0.05) is 27.5 Å². The number of pyridine rings is 1. The number of nitrogens with zero attached hydrogens (tertiary/aromatic N) is 1. The summed E-state index contributed by atoms with van der Waals surface area (Å²) in [6.07, 6.45) is 1.70. The van der Waals surface area contributed by atoms with Gasteiger partial charge < -0.3 is 15.5 Å². The van der Waals surface area contributed by atoms with E-state index in [4.69, 9.17) is 28.9 Å². The van der Waals surface area contributed by atoms with E-state index >= 15 is 0 Å². The number of nitrogen functional groups attached to an aromatic ring is 1. The van der Waals surface area contributed by atoms with Crippen LogP contribution in [-0.4, -0.2) is 16.1 Å². The van der Waals surface area contributed by atoms with E-state index in [0.717, 1.165) is 0 Å². The van der Waals surface area contributed by atoms with Crippen LogP contribution in [0.1, 0.15) is 26.4 Å². The second kappa shape index (κ2) is 7.62. The molecule has 0 aliphatic carbocycles. The Labute approximate surface area is 176 Å². The molecule has 3 N–H and O–H groups in total. The van der Waals surface area contributed by atoms with E-state index in [2.05, 4.69) is 5.32 Å². The number of amides is 1. The van der Waals surface area contributed by atoms with Crippen LogP contribution in [0.5, 0.6) is 0 Å². The molecule has 2 heterocycles. The molecule has 7 heteroatoms. The Kier molecular flexibility index (Phi) is 5.01. The minimum absolute atomic E-state index is 0.114. The number of ketones is 1.